The van der Waals surface area contributed by atoms with Crippen LogP contribution >= 0.6 is 0 Å². The van der Waals surface area contributed by atoms with Crippen LogP contribution in [0.3, 0.4) is 0 Å². The van der Waals surface area contributed by atoms with Gasteiger partial charge in [-0.25, -0.2) is 0 Å². The van der Waals surface area contributed by atoms with Crippen LogP contribution in [0.5, 0.6) is 0 Å². The van der Waals surface area contributed by atoms with Crippen molar-refractivity contribution >= 4 is 32.3 Å². The van der Waals surface area contributed by atoms with E-state index in [4.69, 9.17) is 0 Å². The number of pyridine rings is 2. The lowest BCUT2D eigenvalue weighted by atomic mass is 9.85. The number of nitrogens with zero attached hydrogens (tertiary/aromatic N) is 2. The van der Waals surface area contributed by atoms with Crippen LogP contribution < -0.4 is 0 Å². The van der Waals surface area contributed by atoms with Crippen molar-refractivity contribution in [2.45, 2.75) is 6.92 Å². The minimum atomic E-state index is 0.924. The van der Waals surface area contributed by atoms with Crippen molar-refractivity contribution in [3.8, 4) is 44.6 Å². The normalized spacial score (nSPS) is 11.4. The molecule has 202 valence electrons. The molecule has 0 aliphatic carbocycles. The van der Waals surface area contributed by atoms with E-state index in [9.17, 15) is 0 Å². The highest BCUT2D eigenvalue weighted by molar-refractivity contribution is 6.21. The topological polar surface area (TPSA) is 25.8 Å². The zero-order valence-corrected chi connectivity index (χ0v) is 23.8. The fourth-order valence-corrected chi connectivity index (χ4v) is 6.40. The van der Waals surface area contributed by atoms with Crippen LogP contribution in [0.1, 0.15) is 5.56 Å². The smallest absolute Gasteiger partial charge is 0.0717 e. The highest BCUT2D eigenvalue weighted by Crippen LogP contribution is 2.44. The Morgan fingerprint density at radius 3 is 1.67 bits per heavy atom. The second-order valence-electron chi connectivity index (χ2n) is 11.2. The van der Waals surface area contributed by atoms with Gasteiger partial charge in [-0.15, -0.1) is 0 Å². The Kier molecular flexibility index (Phi) is 6.05. The van der Waals surface area contributed by atoms with E-state index < -0.39 is 0 Å². The Bertz CT molecular complexity index is 2240. The van der Waals surface area contributed by atoms with Gasteiger partial charge in [0.1, 0.15) is 0 Å². The summed E-state index contributed by atoms with van der Waals surface area (Å²) in [5.41, 5.74) is 10.5. The number of rotatable bonds is 4. The van der Waals surface area contributed by atoms with Crippen molar-refractivity contribution in [2.75, 3.05) is 0 Å². The molecule has 0 bridgehead atoms. The van der Waals surface area contributed by atoms with Gasteiger partial charge in [0.05, 0.1) is 5.69 Å². The number of hydrogen-bond donors (Lipinski definition) is 0. The molecule has 8 aromatic rings. The molecular weight excluding hydrogens is 520 g/mol. The Hall–Kier alpha value is -5.60. The van der Waals surface area contributed by atoms with E-state index in [1.807, 2.05) is 36.8 Å². The van der Waals surface area contributed by atoms with E-state index in [-0.39, 0.29) is 0 Å². The maximum Gasteiger partial charge on any atom is 0.0717 e. The first kappa shape index (κ1) is 25.1. The van der Waals surface area contributed by atoms with E-state index in [0.29, 0.717) is 0 Å². The minimum Gasteiger partial charge on any atom is -0.263 e. The minimum absolute atomic E-state index is 0.924. The summed E-state index contributed by atoms with van der Waals surface area (Å²) >= 11 is 0. The van der Waals surface area contributed by atoms with E-state index >= 15 is 0 Å². The van der Waals surface area contributed by atoms with Gasteiger partial charge in [-0.3, -0.25) is 9.97 Å². The van der Waals surface area contributed by atoms with E-state index in [1.54, 1.807) is 0 Å². The predicted molar refractivity (Wildman–Crippen MR) is 181 cm³/mol. The zero-order chi connectivity index (χ0) is 28.8. The molecule has 0 amide bonds. The van der Waals surface area contributed by atoms with E-state index in [0.717, 1.165) is 22.4 Å². The molecule has 2 aromatic heterocycles. The summed E-state index contributed by atoms with van der Waals surface area (Å²) in [6, 6.07) is 48.2. The standard InChI is InChI=1S/C41H28N2/c1-27-9-8-10-30(21-27)40-35-11-2-4-13-37(35)41(38-14-5-3-12-36(38)40)31-19-17-28-16-18-29(22-32(28)23-31)33-24-34(26-42-25-33)39-15-6-7-20-43-39/h2-26H,1H3. The van der Waals surface area contributed by atoms with E-state index in [1.165, 1.54) is 60.1 Å². The fourth-order valence-electron chi connectivity index (χ4n) is 6.40. The van der Waals surface area contributed by atoms with Crippen molar-refractivity contribution in [3.05, 3.63) is 158 Å². The molecule has 2 heterocycles. The van der Waals surface area contributed by atoms with Gasteiger partial charge >= 0.3 is 0 Å². The molecule has 0 saturated carbocycles. The third-order valence-electron chi connectivity index (χ3n) is 8.40. The molecule has 0 N–H and O–H groups in total. The molecule has 0 aliphatic heterocycles. The number of aromatic nitrogens is 2. The van der Waals surface area contributed by atoms with Crippen LogP contribution in [0.15, 0.2) is 152 Å². The second-order valence-corrected chi connectivity index (χ2v) is 11.2. The molecular formula is C41H28N2. The number of hydrogen-bond acceptors (Lipinski definition) is 2. The van der Waals surface area contributed by atoms with Gasteiger partial charge in [-0.2, -0.15) is 0 Å². The lowest BCUT2D eigenvalue weighted by Crippen LogP contribution is -1.91. The first-order valence-electron chi connectivity index (χ1n) is 14.6. The summed E-state index contributed by atoms with van der Waals surface area (Å²) in [6.07, 6.45) is 5.63. The summed E-state index contributed by atoms with van der Waals surface area (Å²) in [5, 5.41) is 7.49. The Balaban J connectivity index is 1.33. The summed E-state index contributed by atoms with van der Waals surface area (Å²) < 4.78 is 0. The van der Waals surface area contributed by atoms with Crippen molar-refractivity contribution in [1.29, 1.82) is 0 Å². The third kappa shape index (κ3) is 4.45. The number of aryl methyl sites for hydroxylation is 1. The molecule has 8 rings (SSSR count). The monoisotopic (exact) mass is 548 g/mol. The molecule has 0 fully saturated rings. The quantitative estimate of drug-likeness (QED) is 0.204. The molecule has 0 saturated heterocycles. The summed E-state index contributed by atoms with van der Waals surface area (Å²) in [4.78, 5) is 9.07. The first-order chi connectivity index (χ1) is 21.2. The van der Waals surface area contributed by atoms with Crippen LogP contribution in [0, 0.1) is 6.92 Å². The fraction of sp³-hybridized carbons (Fsp3) is 0.0244. The molecule has 0 spiro atoms. The largest absolute Gasteiger partial charge is 0.263 e. The Morgan fingerprint density at radius 2 is 1.02 bits per heavy atom. The summed E-state index contributed by atoms with van der Waals surface area (Å²) in [7, 11) is 0. The molecule has 0 aliphatic rings. The molecule has 0 atom stereocenters. The van der Waals surface area contributed by atoms with Crippen molar-refractivity contribution in [3.63, 3.8) is 0 Å². The molecule has 2 heteroatoms. The van der Waals surface area contributed by atoms with Crippen LogP contribution in [-0.2, 0) is 0 Å². The van der Waals surface area contributed by atoms with Gasteiger partial charge in [-0.05, 0) is 97.4 Å². The highest BCUT2D eigenvalue weighted by atomic mass is 14.7. The lowest BCUT2D eigenvalue weighted by molar-refractivity contribution is 1.28. The van der Waals surface area contributed by atoms with Crippen molar-refractivity contribution < 1.29 is 0 Å². The predicted octanol–water partition coefficient (Wildman–Crippen LogP) is 10.9. The van der Waals surface area contributed by atoms with Gasteiger partial charge in [0.15, 0.2) is 0 Å². The average Bonchev–Trinajstić information content (AvgIpc) is 3.07. The van der Waals surface area contributed by atoms with E-state index in [2.05, 4.69) is 132 Å². The van der Waals surface area contributed by atoms with Crippen LogP contribution in [0.25, 0.3) is 77.0 Å². The van der Waals surface area contributed by atoms with Gasteiger partial charge in [0.2, 0.25) is 0 Å². The Morgan fingerprint density at radius 1 is 0.419 bits per heavy atom. The molecule has 43 heavy (non-hydrogen) atoms. The van der Waals surface area contributed by atoms with Gasteiger partial charge in [0, 0.05) is 29.7 Å². The van der Waals surface area contributed by atoms with Crippen LogP contribution in [0.4, 0.5) is 0 Å². The molecule has 2 nitrogen and oxygen atoms in total. The van der Waals surface area contributed by atoms with Crippen molar-refractivity contribution in [1.82, 2.24) is 9.97 Å². The first-order valence-corrected chi connectivity index (χ1v) is 14.6. The number of fused-ring (bicyclic) bond motifs is 3. The SMILES string of the molecule is Cc1cccc(-c2c3ccccc3c(-c3ccc4ccc(-c5cncc(-c6ccccn6)c5)cc4c3)c3ccccc23)c1. The van der Waals surface area contributed by atoms with Crippen molar-refractivity contribution in [2.24, 2.45) is 0 Å². The average molecular weight is 549 g/mol. The summed E-state index contributed by atoms with van der Waals surface area (Å²) in [6.45, 7) is 2.16. The van der Waals surface area contributed by atoms with Gasteiger partial charge < -0.3 is 0 Å². The maximum atomic E-state index is 4.55. The summed E-state index contributed by atoms with van der Waals surface area (Å²) in [5.74, 6) is 0. The second kappa shape index (κ2) is 10.3. The zero-order valence-electron chi connectivity index (χ0n) is 23.8. The lowest BCUT2D eigenvalue weighted by Gasteiger charge is -2.18. The molecule has 6 aromatic carbocycles. The molecule has 0 unspecified atom stereocenters. The Labute approximate surface area is 251 Å². The highest BCUT2D eigenvalue weighted by Gasteiger charge is 2.17. The van der Waals surface area contributed by atoms with Gasteiger partial charge in [0.25, 0.3) is 0 Å². The van der Waals surface area contributed by atoms with Crippen LogP contribution in [0.2, 0.25) is 0 Å². The molecule has 0 radical (unpaired) electrons. The van der Waals surface area contributed by atoms with Gasteiger partial charge in [-0.1, -0.05) is 109 Å². The maximum absolute atomic E-state index is 4.55. The van der Waals surface area contributed by atoms with Crippen LogP contribution in [-0.4, -0.2) is 9.97 Å². The third-order valence-corrected chi connectivity index (χ3v) is 8.40. The number of benzene rings is 6.